The Morgan fingerprint density at radius 3 is 2.81 bits per heavy atom. The molecular weight excluding hydrogens is 293 g/mol. The minimum absolute atomic E-state index is 0.259. The van der Waals surface area contributed by atoms with Crippen molar-refractivity contribution in [1.29, 1.82) is 0 Å². The normalized spacial score (nSPS) is 16.4. The maximum Gasteiger partial charge on any atom is 0.245 e. The SMILES string of the molecule is NCC1CCN(c2n[nH]c(-c3c(F)cccc3Cl)n2)CC1. The van der Waals surface area contributed by atoms with Gasteiger partial charge in [-0.05, 0) is 37.4 Å². The number of nitrogens with zero attached hydrogens (tertiary/aromatic N) is 3. The van der Waals surface area contributed by atoms with E-state index in [0.29, 0.717) is 22.7 Å². The van der Waals surface area contributed by atoms with Crippen LogP contribution in [0.3, 0.4) is 0 Å². The van der Waals surface area contributed by atoms with E-state index in [2.05, 4.69) is 20.1 Å². The van der Waals surface area contributed by atoms with Crippen molar-refractivity contribution in [3.63, 3.8) is 0 Å². The van der Waals surface area contributed by atoms with Crippen LogP contribution in [0, 0.1) is 11.7 Å². The summed E-state index contributed by atoms with van der Waals surface area (Å²) in [5.41, 5.74) is 5.95. The molecule has 1 aromatic carbocycles. The summed E-state index contributed by atoms with van der Waals surface area (Å²) in [6.07, 6.45) is 2.06. The zero-order valence-corrected chi connectivity index (χ0v) is 12.3. The molecule has 0 atom stereocenters. The molecule has 1 aromatic heterocycles. The van der Waals surface area contributed by atoms with Gasteiger partial charge in [-0.3, -0.25) is 5.10 Å². The van der Waals surface area contributed by atoms with Gasteiger partial charge in [0.2, 0.25) is 5.95 Å². The number of nitrogens with two attached hydrogens (primary N) is 1. The summed E-state index contributed by atoms with van der Waals surface area (Å²) in [7, 11) is 0. The molecule has 0 bridgehead atoms. The smallest absolute Gasteiger partial charge is 0.245 e. The van der Waals surface area contributed by atoms with Crippen molar-refractivity contribution in [3.05, 3.63) is 29.0 Å². The summed E-state index contributed by atoms with van der Waals surface area (Å²) in [4.78, 5) is 6.46. The molecule has 3 rings (SSSR count). The van der Waals surface area contributed by atoms with Crippen LogP contribution in [0.25, 0.3) is 11.4 Å². The molecule has 0 saturated carbocycles. The van der Waals surface area contributed by atoms with Crippen LogP contribution in [0.5, 0.6) is 0 Å². The van der Waals surface area contributed by atoms with E-state index in [1.165, 1.54) is 6.07 Å². The number of benzene rings is 1. The van der Waals surface area contributed by atoms with E-state index in [-0.39, 0.29) is 5.56 Å². The van der Waals surface area contributed by atoms with E-state index in [4.69, 9.17) is 17.3 Å². The third kappa shape index (κ3) is 2.87. The second-order valence-electron chi connectivity index (χ2n) is 5.25. The summed E-state index contributed by atoms with van der Waals surface area (Å²) >= 11 is 6.04. The molecule has 1 aliphatic rings. The van der Waals surface area contributed by atoms with Crippen LogP contribution in [0.2, 0.25) is 5.02 Å². The molecule has 0 unspecified atom stereocenters. The molecule has 1 fully saturated rings. The van der Waals surface area contributed by atoms with Crippen LogP contribution in [0.15, 0.2) is 18.2 Å². The first-order chi connectivity index (χ1) is 10.2. The highest BCUT2D eigenvalue weighted by molar-refractivity contribution is 6.33. The second-order valence-corrected chi connectivity index (χ2v) is 5.65. The third-order valence-electron chi connectivity index (χ3n) is 3.90. The van der Waals surface area contributed by atoms with E-state index < -0.39 is 5.82 Å². The molecule has 5 nitrogen and oxygen atoms in total. The predicted octanol–water partition coefficient (Wildman–Crippen LogP) is 2.44. The van der Waals surface area contributed by atoms with Gasteiger partial charge in [-0.25, -0.2) is 4.39 Å². The molecule has 1 saturated heterocycles. The van der Waals surface area contributed by atoms with E-state index in [9.17, 15) is 4.39 Å². The first-order valence-corrected chi connectivity index (χ1v) is 7.38. The lowest BCUT2D eigenvalue weighted by molar-refractivity contribution is 0.411. The van der Waals surface area contributed by atoms with Crippen molar-refractivity contribution in [2.45, 2.75) is 12.8 Å². The van der Waals surface area contributed by atoms with Gasteiger partial charge in [0.05, 0.1) is 10.6 Å². The summed E-state index contributed by atoms with van der Waals surface area (Å²) in [5, 5.41) is 7.28. The van der Waals surface area contributed by atoms with Gasteiger partial charge in [-0.2, -0.15) is 4.98 Å². The minimum atomic E-state index is -0.410. The van der Waals surface area contributed by atoms with Crippen LogP contribution in [0.1, 0.15) is 12.8 Å². The Kier molecular flexibility index (Phi) is 4.07. The van der Waals surface area contributed by atoms with Gasteiger partial charge in [0.25, 0.3) is 0 Å². The first-order valence-electron chi connectivity index (χ1n) is 7.01. The van der Waals surface area contributed by atoms with Crippen LogP contribution in [-0.2, 0) is 0 Å². The first kappa shape index (κ1) is 14.3. The van der Waals surface area contributed by atoms with Crippen LogP contribution < -0.4 is 10.6 Å². The number of piperidine rings is 1. The molecular formula is C14H17ClFN5. The molecule has 21 heavy (non-hydrogen) atoms. The van der Waals surface area contributed by atoms with Gasteiger partial charge < -0.3 is 10.6 Å². The van der Waals surface area contributed by atoms with Crippen molar-refractivity contribution in [1.82, 2.24) is 15.2 Å². The van der Waals surface area contributed by atoms with E-state index in [1.54, 1.807) is 12.1 Å². The number of anilines is 1. The Bertz CT molecular complexity index is 601. The maximum absolute atomic E-state index is 13.9. The molecule has 0 spiro atoms. The topological polar surface area (TPSA) is 70.8 Å². The molecule has 0 radical (unpaired) electrons. The Hall–Kier alpha value is -1.66. The lowest BCUT2D eigenvalue weighted by atomic mass is 9.97. The van der Waals surface area contributed by atoms with Crippen LogP contribution in [0.4, 0.5) is 10.3 Å². The van der Waals surface area contributed by atoms with Crippen molar-refractivity contribution >= 4 is 17.5 Å². The van der Waals surface area contributed by atoms with Gasteiger partial charge in [-0.1, -0.05) is 17.7 Å². The number of nitrogens with one attached hydrogen (secondary N) is 1. The maximum atomic E-state index is 13.9. The Labute approximate surface area is 127 Å². The molecule has 3 N–H and O–H groups in total. The second kappa shape index (κ2) is 5.99. The Morgan fingerprint density at radius 2 is 2.14 bits per heavy atom. The third-order valence-corrected chi connectivity index (χ3v) is 4.22. The Balaban J connectivity index is 1.81. The zero-order valence-electron chi connectivity index (χ0n) is 11.5. The quantitative estimate of drug-likeness (QED) is 0.913. The highest BCUT2D eigenvalue weighted by atomic mass is 35.5. The van der Waals surface area contributed by atoms with Crippen molar-refractivity contribution in [2.75, 3.05) is 24.5 Å². The number of rotatable bonds is 3. The highest BCUT2D eigenvalue weighted by Gasteiger charge is 2.22. The summed E-state index contributed by atoms with van der Waals surface area (Å²) in [5.74, 6) is 1.10. The minimum Gasteiger partial charge on any atom is -0.340 e. The fraction of sp³-hybridized carbons (Fsp3) is 0.429. The van der Waals surface area contributed by atoms with Crippen molar-refractivity contribution < 1.29 is 4.39 Å². The number of aromatic amines is 1. The average molecular weight is 310 g/mol. The number of hydrogen-bond acceptors (Lipinski definition) is 4. The summed E-state index contributed by atoms with van der Waals surface area (Å²) < 4.78 is 13.9. The highest BCUT2D eigenvalue weighted by Crippen LogP contribution is 2.29. The predicted molar refractivity (Wildman–Crippen MR) is 80.8 cm³/mol. The van der Waals surface area contributed by atoms with Gasteiger partial charge in [-0.15, -0.1) is 5.10 Å². The number of hydrogen-bond donors (Lipinski definition) is 2. The lowest BCUT2D eigenvalue weighted by Crippen LogP contribution is -2.36. The number of halogens is 2. The molecule has 2 heterocycles. The monoisotopic (exact) mass is 309 g/mol. The molecule has 7 heteroatoms. The van der Waals surface area contributed by atoms with E-state index in [1.807, 2.05) is 0 Å². The number of aromatic nitrogens is 3. The molecule has 0 amide bonds. The van der Waals surface area contributed by atoms with Gasteiger partial charge in [0.15, 0.2) is 5.82 Å². The summed E-state index contributed by atoms with van der Waals surface area (Å²) in [6.45, 7) is 2.45. The van der Waals surface area contributed by atoms with Crippen molar-refractivity contribution in [2.24, 2.45) is 11.7 Å². The van der Waals surface area contributed by atoms with Gasteiger partial charge in [0, 0.05) is 13.1 Å². The van der Waals surface area contributed by atoms with Crippen LogP contribution >= 0.6 is 11.6 Å². The standard InChI is InChI=1S/C14H17ClFN5/c15-10-2-1-3-11(16)12(10)13-18-14(20-19-13)21-6-4-9(8-17)5-7-21/h1-3,9H,4-8,17H2,(H,18,19,20). The lowest BCUT2D eigenvalue weighted by Gasteiger charge is -2.30. The molecule has 1 aliphatic heterocycles. The molecule has 0 aliphatic carbocycles. The van der Waals surface area contributed by atoms with E-state index >= 15 is 0 Å². The van der Waals surface area contributed by atoms with Gasteiger partial charge in [0.1, 0.15) is 5.82 Å². The molecule has 2 aromatic rings. The average Bonchev–Trinajstić information content (AvgIpc) is 2.97. The summed E-state index contributed by atoms with van der Waals surface area (Å²) in [6, 6.07) is 4.56. The fourth-order valence-corrected chi connectivity index (χ4v) is 2.85. The largest absolute Gasteiger partial charge is 0.340 e. The van der Waals surface area contributed by atoms with Crippen molar-refractivity contribution in [3.8, 4) is 11.4 Å². The molecule has 112 valence electrons. The zero-order chi connectivity index (χ0) is 14.8. The van der Waals surface area contributed by atoms with Crippen LogP contribution in [-0.4, -0.2) is 34.8 Å². The number of H-pyrrole nitrogens is 1. The van der Waals surface area contributed by atoms with Gasteiger partial charge >= 0.3 is 0 Å². The fourth-order valence-electron chi connectivity index (χ4n) is 2.60. The van der Waals surface area contributed by atoms with E-state index in [0.717, 1.165) is 32.5 Å². The Morgan fingerprint density at radius 1 is 1.38 bits per heavy atom.